The first-order valence-corrected chi connectivity index (χ1v) is 8.36. The van der Waals surface area contributed by atoms with E-state index in [4.69, 9.17) is 0 Å². The third kappa shape index (κ3) is 6.08. The first-order valence-electron chi connectivity index (χ1n) is 8.36. The molecule has 3 heteroatoms. The number of aryl methyl sites for hydroxylation is 2. The predicted octanol–water partition coefficient (Wildman–Crippen LogP) is 4.52. The predicted molar refractivity (Wildman–Crippen MR) is 87.0 cm³/mol. The Kier molecular flexibility index (Phi) is 8.59. The lowest BCUT2D eigenvalue weighted by Gasteiger charge is -2.16. The highest BCUT2D eigenvalue weighted by Crippen LogP contribution is 2.20. The normalized spacial score (nSPS) is 12.8. The fraction of sp³-hybridized carbons (Fsp3) is 0.824. The van der Waals surface area contributed by atoms with Crippen molar-refractivity contribution in [3.63, 3.8) is 0 Å². The Morgan fingerprint density at radius 2 is 1.70 bits per heavy atom. The van der Waals surface area contributed by atoms with E-state index in [0.717, 1.165) is 5.69 Å². The van der Waals surface area contributed by atoms with Gasteiger partial charge in [0.1, 0.15) is 0 Å². The van der Waals surface area contributed by atoms with Gasteiger partial charge in [-0.05, 0) is 26.5 Å². The van der Waals surface area contributed by atoms with Crippen LogP contribution in [0.2, 0.25) is 0 Å². The van der Waals surface area contributed by atoms with Crippen molar-refractivity contribution in [2.45, 2.75) is 77.7 Å². The summed E-state index contributed by atoms with van der Waals surface area (Å²) in [4.78, 5) is 0. The molecule has 1 unspecified atom stereocenters. The van der Waals surface area contributed by atoms with Crippen molar-refractivity contribution in [1.29, 1.82) is 0 Å². The molecule has 1 aromatic heterocycles. The van der Waals surface area contributed by atoms with Gasteiger partial charge >= 0.3 is 0 Å². The summed E-state index contributed by atoms with van der Waals surface area (Å²) in [5.74, 6) is 0. The van der Waals surface area contributed by atoms with Gasteiger partial charge in [-0.3, -0.25) is 4.68 Å². The van der Waals surface area contributed by atoms with Crippen LogP contribution < -0.4 is 5.32 Å². The van der Waals surface area contributed by atoms with Gasteiger partial charge in [-0.1, -0.05) is 58.3 Å². The van der Waals surface area contributed by atoms with Crippen LogP contribution in [-0.4, -0.2) is 16.8 Å². The molecular formula is C17H33N3. The van der Waals surface area contributed by atoms with Crippen LogP contribution in [0.4, 0.5) is 0 Å². The lowest BCUT2D eigenvalue weighted by Crippen LogP contribution is -2.19. The van der Waals surface area contributed by atoms with Crippen molar-refractivity contribution in [3.05, 3.63) is 17.5 Å². The number of unbranched alkanes of at least 4 members (excludes halogenated alkanes) is 7. The average molecular weight is 279 g/mol. The molecule has 1 N–H and O–H groups in total. The summed E-state index contributed by atoms with van der Waals surface area (Å²) < 4.78 is 2.02. The highest BCUT2D eigenvalue weighted by molar-refractivity contribution is 5.12. The van der Waals surface area contributed by atoms with E-state index in [1.54, 1.807) is 0 Å². The van der Waals surface area contributed by atoms with E-state index < -0.39 is 0 Å². The van der Waals surface area contributed by atoms with E-state index in [9.17, 15) is 0 Å². The maximum Gasteiger partial charge on any atom is 0.0597 e. The van der Waals surface area contributed by atoms with Gasteiger partial charge in [0.25, 0.3) is 0 Å². The Morgan fingerprint density at radius 3 is 2.20 bits per heavy atom. The summed E-state index contributed by atoms with van der Waals surface area (Å²) in [6.45, 7) is 4.34. The first kappa shape index (κ1) is 17.2. The van der Waals surface area contributed by atoms with Crippen molar-refractivity contribution >= 4 is 0 Å². The molecule has 0 spiro atoms. The summed E-state index contributed by atoms with van der Waals surface area (Å²) >= 11 is 0. The highest BCUT2D eigenvalue weighted by atomic mass is 15.3. The van der Waals surface area contributed by atoms with Gasteiger partial charge in [0.2, 0.25) is 0 Å². The topological polar surface area (TPSA) is 29.9 Å². The second-order valence-electron chi connectivity index (χ2n) is 5.94. The van der Waals surface area contributed by atoms with Crippen LogP contribution in [0.3, 0.4) is 0 Å². The van der Waals surface area contributed by atoms with Crippen LogP contribution in [0.15, 0.2) is 6.07 Å². The van der Waals surface area contributed by atoms with E-state index in [2.05, 4.69) is 37.4 Å². The van der Waals surface area contributed by atoms with Gasteiger partial charge in [-0.25, -0.2) is 0 Å². The molecule has 1 heterocycles. The molecule has 1 aromatic rings. The van der Waals surface area contributed by atoms with Crippen molar-refractivity contribution in [3.8, 4) is 0 Å². The van der Waals surface area contributed by atoms with Crippen LogP contribution in [-0.2, 0) is 7.05 Å². The Morgan fingerprint density at radius 1 is 1.10 bits per heavy atom. The summed E-state index contributed by atoms with van der Waals surface area (Å²) in [6, 6.07) is 2.65. The molecule has 0 fully saturated rings. The van der Waals surface area contributed by atoms with Crippen LogP contribution in [0.25, 0.3) is 0 Å². The molecule has 20 heavy (non-hydrogen) atoms. The van der Waals surface area contributed by atoms with Crippen LogP contribution in [0, 0.1) is 6.92 Å². The number of nitrogens with one attached hydrogen (secondary N) is 1. The van der Waals surface area contributed by atoms with Crippen LogP contribution in [0.1, 0.15) is 82.1 Å². The zero-order valence-corrected chi connectivity index (χ0v) is 13.9. The van der Waals surface area contributed by atoms with E-state index in [1.807, 2.05) is 11.7 Å². The summed E-state index contributed by atoms with van der Waals surface area (Å²) in [7, 11) is 4.10. The molecule has 0 saturated carbocycles. The van der Waals surface area contributed by atoms with Gasteiger partial charge < -0.3 is 5.32 Å². The van der Waals surface area contributed by atoms with Gasteiger partial charge in [0.15, 0.2) is 0 Å². The molecule has 0 aromatic carbocycles. The minimum absolute atomic E-state index is 0.446. The molecule has 1 rings (SSSR count). The zero-order valence-electron chi connectivity index (χ0n) is 13.9. The highest BCUT2D eigenvalue weighted by Gasteiger charge is 2.13. The molecule has 0 aliphatic rings. The van der Waals surface area contributed by atoms with Gasteiger partial charge in [-0.2, -0.15) is 5.10 Å². The Hall–Kier alpha value is -0.830. The Labute approximate surface area is 125 Å². The average Bonchev–Trinajstić information content (AvgIpc) is 2.76. The molecule has 0 bridgehead atoms. The minimum Gasteiger partial charge on any atom is -0.312 e. The summed E-state index contributed by atoms with van der Waals surface area (Å²) in [5.41, 5.74) is 2.42. The molecular weight excluding hydrogens is 246 g/mol. The molecule has 0 aliphatic heterocycles. The maximum absolute atomic E-state index is 4.44. The Bertz CT molecular complexity index is 357. The number of aromatic nitrogens is 2. The number of rotatable bonds is 11. The van der Waals surface area contributed by atoms with E-state index in [1.165, 1.54) is 63.5 Å². The third-order valence-corrected chi connectivity index (χ3v) is 4.09. The van der Waals surface area contributed by atoms with E-state index >= 15 is 0 Å². The molecule has 1 atom stereocenters. The van der Waals surface area contributed by atoms with Gasteiger partial charge in [0, 0.05) is 13.1 Å². The van der Waals surface area contributed by atoms with Crippen LogP contribution in [0.5, 0.6) is 0 Å². The maximum atomic E-state index is 4.44. The van der Waals surface area contributed by atoms with E-state index in [-0.39, 0.29) is 0 Å². The largest absolute Gasteiger partial charge is 0.312 e. The standard InChI is InChI=1S/C17H33N3/c1-5-6-7-8-9-10-11-12-13-16(18-3)17-14-15(2)19-20(17)4/h14,16,18H,5-13H2,1-4H3. The molecule has 3 nitrogen and oxygen atoms in total. The van der Waals surface area contributed by atoms with Crippen molar-refractivity contribution in [1.82, 2.24) is 15.1 Å². The van der Waals surface area contributed by atoms with Crippen LogP contribution >= 0.6 is 0 Å². The van der Waals surface area contributed by atoms with Crippen molar-refractivity contribution in [2.75, 3.05) is 7.05 Å². The molecule has 0 amide bonds. The van der Waals surface area contributed by atoms with Crippen molar-refractivity contribution in [2.24, 2.45) is 7.05 Å². The molecule has 0 radical (unpaired) electrons. The summed E-state index contributed by atoms with van der Waals surface area (Å²) in [5, 5.41) is 7.87. The van der Waals surface area contributed by atoms with Gasteiger partial charge in [-0.15, -0.1) is 0 Å². The zero-order chi connectivity index (χ0) is 14.8. The first-order chi connectivity index (χ1) is 9.69. The Balaban J connectivity index is 2.17. The lowest BCUT2D eigenvalue weighted by atomic mass is 10.0. The SMILES string of the molecule is CCCCCCCCCCC(NC)c1cc(C)nn1C. The lowest BCUT2D eigenvalue weighted by molar-refractivity contribution is 0.469. The monoisotopic (exact) mass is 279 g/mol. The fourth-order valence-electron chi connectivity index (χ4n) is 2.88. The fourth-order valence-corrected chi connectivity index (χ4v) is 2.88. The number of nitrogens with zero attached hydrogens (tertiary/aromatic N) is 2. The van der Waals surface area contributed by atoms with Crippen molar-refractivity contribution < 1.29 is 0 Å². The number of hydrogen-bond donors (Lipinski definition) is 1. The molecule has 116 valence electrons. The van der Waals surface area contributed by atoms with Gasteiger partial charge in [0.05, 0.1) is 11.4 Å². The summed E-state index contributed by atoms with van der Waals surface area (Å²) in [6.07, 6.45) is 12.3. The third-order valence-electron chi connectivity index (χ3n) is 4.09. The second kappa shape index (κ2) is 9.98. The van der Waals surface area contributed by atoms with E-state index in [0.29, 0.717) is 6.04 Å². The molecule has 0 saturated heterocycles. The quantitative estimate of drug-likeness (QED) is 0.604. The molecule has 0 aliphatic carbocycles. The minimum atomic E-state index is 0.446. The smallest absolute Gasteiger partial charge is 0.0597 e. The number of hydrogen-bond acceptors (Lipinski definition) is 2. The second-order valence-corrected chi connectivity index (χ2v) is 5.94.